The summed E-state index contributed by atoms with van der Waals surface area (Å²) in [7, 11) is 0. The molecule has 6 nitrogen and oxygen atoms in total. The number of hydrogen-bond acceptors (Lipinski definition) is 6. The summed E-state index contributed by atoms with van der Waals surface area (Å²) in [5.74, 6) is 2.22. The van der Waals surface area contributed by atoms with Crippen LogP contribution in [0.15, 0.2) is 5.38 Å². The molecule has 0 unspecified atom stereocenters. The minimum atomic E-state index is 0.121. The van der Waals surface area contributed by atoms with E-state index >= 15 is 0 Å². The highest BCUT2D eigenvalue weighted by molar-refractivity contribution is 7.09. The van der Waals surface area contributed by atoms with Gasteiger partial charge in [-0.3, -0.25) is 4.79 Å². The third kappa shape index (κ3) is 4.15. The van der Waals surface area contributed by atoms with Crippen LogP contribution in [0.25, 0.3) is 0 Å². The predicted octanol–water partition coefficient (Wildman–Crippen LogP) is 2.92. The van der Waals surface area contributed by atoms with Gasteiger partial charge in [0.25, 0.3) is 0 Å². The second kappa shape index (κ2) is 7.47. The first-order chi connectivity index (χ1) is 11.9. The van der Waals surface area contributed by atoms with Crippen molar-refractivity contribution in [2.24, 2.45) is 0 Å². The number of anilines is 1. The number of hydrogen-bond donors (Lipinski definition) is 1. The SMILES string of the molecule is CC(=O)N1CCc2nc(C)nc(NCc3csc(C(C)C)n3)c2CC1. The van der Waals surface area contributed by atoms with Gasteiger partial charge in [-0.05, 0) is 13.3 Å². The zero-order valence-corrected chi connectivity index (χ0v) is 16.1. The maximum absolute atomic E-state index is 11.7. The van der Waals surface area contributed by atoms with Gasteiger partial charge in [-0.1, -0.05) is 13.8 Å². The fraction of sp³-hybridized carbons (Fsp3) is 0.556. The second-order valence-corrected chi connectivity index (χ2v) is 7.63. The van der Waals surface area contributed by atoms with E-state index in [0.717, 1.165) is 59.5 Å². The summed E-state index contributed by atoms with van der Waals surface area (Å²) in [4.78, 5) is 27.5. The first-order valence-electron chi connectivity index (χ1n) is 8.74. The van der Waals surface area contributed by atoms with Crippen LogP contribution in [0.2, 0.25) is 0 Å². The average Bonchev–Trinajstić information content (AvgIpc) is 2.92. The Balaban J connectivity index is 1.78. The van der Waals surface area contributed by atoms with Crippen LogP contribution >= 0.6 is 11.3 Å². The van der Waals surface area contributed by atoms with Crippen LogP contribution in [-0.4, -0.2) is 38.8 Å². The Hall–Kier alpha value is -2.02. The van der Waals surface area contributed by atoms with E-state index in [4.69, 9.17) is 0 Å². The lowest BCUT2D eigenvalue weighted by molar-refractivity contribution is -0.128. The molecule has 0 bridgehead atoms. The van der Waals surface area contributed by atoms with Crippen LogP contribution in [-0.2, 0) is 24.2 Å². The molecule has 25 heavy (non-hydrogen) atoms. The van der Waals surface area contributed by atoms with Crippen molar-refractivity contribution in [1.29, 1.82) is 0 Å². The van der Waals surface area contributed by atoms with Crippen molar-refractivity contribution in [1.82, 2.24) is 19.9 Å². The van der Waals surface area contributed by atoms with Gasteiger partial charge < -0.3 is 10.2 Å². The third-order valence-electron chi connectivity index (χ3n) is 4.40. The molecule has 1 amide bonds. The van der Waals surface area contributed by atoms with Crippen LogP contribution in [0.5, 0.6) is 0 Å². The van der Waals surface area contributed by atoms with Gasteiger partial charge in [0.1, 0.15) is 11.6 Å². The Morgan fingerprint density at radius 2 is 2.04 bits per heavy atom. The van der Waals surface area contributed by atoms with Gasteiger partial charge in [0, 0.05) is 43.3 Å². The molecule has 0 aromatic carbocycles. The average molecular weight is 359 g/mol. The van der Waals surface area contributed by atoms with E-state index in [-0.39, 0.29) is 5.91 Å². The summed E-state index contributed by atoms with van der Waals surface area (Å²) in [5, 5.41) is 6.71. The maximum Gasteiger partial charge on any atom is 0.219 e. The molecule has 2 aromatic rings. The lowest BCUT2D eigenvalue weighted by atomic mass is 10.1. The van der Waals surface area contributed by atoms with Crippen LogP contribution in [0.3, 0.4) is 0 Å². The quantitative estimate of drug-likeness (QED) is 0.909. The highest BCUT2D eigenvalue weighted by Crippen LogP contribution is 2.23. The van der Waals surface area contributed by atoms with Crippen molar-refractivity contribution in [2.75, 3.05) is 18.4 Å². The van der Waals surface area contributed by atoms with Crippen molar-refractivity contribution >= 4 is 23.1 Å². The smallest absolute Gasteiger partial charge is 0.219 e. The molecule has 1 N–H and O–H groups in total. The minimum Gasteiger partial charge on any atom is -0.364 e. The molecule has 7 heteroatoms. The zero-order valence-electron chi connectivity index (χ0n) is 15.3. The van der Waals surface area contributed by atoms with Crippen molar-refractivity contribution in [2.45, 2.75) is 53.0 Å². The Labute approximate surface area is 152 Å². The topological polar surface area (TPSA) is 71.0 Å². The largest absolute Gasteiger partial charge is 0.364 e. The van der Waals surface area contributed by atoms with Gasteiger partial charge in [0.15, 0.2) is 0 Å². The van der Waals surface area contributed by atoms with Gasteiger partial charge in [-0.2, -0.15) is 0 Å². The lowest BCUT2D eigenvalue weighted by Gasteiger charge is -2.17. The van der Waals surface area contributed by atoms with E-state index in [2.05, 4.69) is 39.5 Å². The van der Waals surface area contributed by atoms with E-state index in [1.165, 1.54) is 0 Å². The van der Waals surface area contributed by atoms with Crippen LogP contribution < -0.4 is 5.32 Å². The van der Waals surface area contributed by atoms with Crippen LogP contribution in [0.4, 0.5) is 5.82 Å². The summed E-state index contributed by atoms with van der Waals surface area (Å²) >= 11 is 1.70. The highest BCUT2D eigenvalue weighted by atomic mass is 32.1. The Morgan fingerprint density at radius 3 is 2.72 bits per heavy atom. The Kier molecular flexibility index (Phi) is 5.32. The standard InChI is InChI=1S/C18H25N5OS/c1-11(2)18-22-14(10-25-18)9-19-17-15-5-7-23(13(4)24)8-6-16(15)20-12(3)21-17/h10-11H,5-9H2,1-4H3,(H,19,20,21). The number of nitrogens with zero attached hydrogens (tertiary/aromatic N) is 4. The minimum absolute atomic E-state index is 0.121. The fourth-order valence-corrected chi connectivity index (χ4v) is 3.86. The first-order valence-corrected chi connectivity index (χ1v) is 9.62. The summed E-state index contributed by atoms with van der Waals surface area (Å²) in [5.41, 5.74) is 3.23. The molecule has 3 heterocycles. The maximum atomic E-state index is 11.7. The van der Waals surface area contributed by atoms with Crippen molar-refractivity contribution < 1.29 is 4.79 Å². The van der Waals surface area contributed by atoms with Gasteiger partial charge in [-0.25, -0.2) is 15.0 Å². The molecule has 0 spiro atoms. The Morgan fingerprint density at radius 1 is 1.28 bits per heavy atom. The fourth-order valence-electron chi connectivity index (χ4n) is 3.03. The highest BCUT2D eigenvalue weighted by Gasteiger charge is 2.20. The van der Waals surface area contributed by atoms with Crippen LogP contribution in [0.1, 0.15) is 54.5 Å². The van der Waals surface area contributed by atoms with Gasteiger partial charge in [0.2, 0.25) is 5.91 Å². The van der Waals surface area contributed by atoms with Crippen LogP contribution in [0, 0.1) is 6.92 Å². The van der Waals surface area contributed by atoms with E-state index in [0.29, 0.717) is 12.5 Å². The zero-order chi connectivity index (χ0) is 18.0. The molecule has 134 valence electrons. The number of aryl methyl sites for hydroxylation is 1. The molecule has 3 rings (SSSR count). The van der Waals surface area contributed by atoms with Gasteiger partial charge in [0.05, 0.1) is 22.9 Å². The van der Waals surface area contributed by atoms with E-state index in [9.17, 15) is 4.79 Å². The van der Waals surface area contributed by atoms with E-state index < -0.39 is 0 Å². The van der Waals surface area contributed by atoms with E-state index in [1.54, 1.807) is 18.3 Å². The third-order valence-corrected chi connectivity index (χ3v) is 5.59. The van der Waals surface area contributed by atoms with Crippen molar-refractivity contribution in [3.8, 4) is 0 Å². The monoisotopic (exact) mass is 359 g/mol. The number of thiazole rings is 1. The van der Waals surface area contributed by atoms with Gasteiger partial charge >= 0.3 is 0 Å². The normalized spacial score (nSPS) is 14.4. The molecule has 0 fully saturated rings. The summed E-state index contributed by atoms with van der Waals surface area (Å²) in [6.07, 6.45) is 1.56. The predicted molar refractivity (Wildman–Crippen MR) is 100.0 cm³/mol. The molecular weight excluding hydrogens is 334 g/mol. The van der Waals surface area contributed by atoms with Crippen molar-refractivity contribution in [3.63, 3.8) is 0 Å². The molecule has 1 aliphatic rings. The molecule has 1 aliphatic heterocycles. The lowest BCUT2D eigenvalue weighted by Crippen LogP contribution is -2.31. The molecule has 0 saturated carbocycles. The number of fused-ring (bicyclic) bond motifs is 1. The van der Waals surface area contributed by atoms with Crippen molar-refractivity contribution in [3.05, 3.63) is 33.2 Å². The number of amides is 1. The molecular formula is C18H25N5OS. The number of rotatable bonds is 4. The summed E-state index contributed by atoms with van der Waals surface area (Å²) < 4.78 is 0. The second-order valence-electron chi connectivity index (χ2n) is 6.74. The van der Waals surface area contributed by atoms with E-state index in [1.807, 2.05) is 11.8 Å². The van der Waals surface area contributed by atoms with Gasteiger partial charge in [-0.15, -0.1) is 11.3 Å². The Bertz CT molecular complexity index is 771. The molecule has 0 atom stereocenters. The number of aromatic nitrogens is 3. The molecule has 2 aromatic heterocycles. The summed E-state index contributed by atoms with van der Waals surface area (Å²) in [6, 6.07) is 0. The molecule has 0 aliphatic carbocycles. The molecule has 0 radical (unpaired) electrons. The number of carbonyl (C=O) groups is 1. The molecule has 0 saturated heterocycles. The summed E-state index contributed by atoms with van der Waals surface area (Å²) in [6.45, 7) is 9.95. The number of nitrogens with one attached hydrogen (secondary N) is 1. The first kappa shape index (κ1) is 17.8. The number of carbonyl (C=O) groups excluding carboxylic acids is 1.